The minimum atomic E-state index is -0.118. The fourth-order valence-electron chi connectivity index (χ4n) is 4.02. The zero-order valence-electron chi connectivity index (χ0n) is 15.2. The lowest BCUT2D eigenvalue weighted by molar-refractivity contribution is 0.421. The van der Waals surface area contributed by atoms with E-state index in [1.165, 1.54) is 19.3 Å². The van der Waals surface area contributed by atoms with E-state index in [9.17, 15) is 4.79 Å². The maximum absolute atomic E-state index is 12.1. The first-order valence-electron chi connectivity index (χ1n) is 9.10. The van der Waals surface area contributed by atoms with Gasteiger partial charge in [0.2, 0.25) is 0 Å². The second-order valence-electron chi connectivity index (χ2n) is 6.99. The number of hydrogen-bond donors (Lipinski definition) is 3. The highest BCUT2D eigenvalue weighted by molar-refractivity contribution is 6.02. The Bertz CT molecular complexity index is 1030. The average molecular weight is 352 g/mol. The van der Waals surface area contributed by atoms with Crippen molar-refractivity contribution in [3.05, 3.63) is 40.2 Å². The Balaban J connectivity index is 1.90. The molecule has 7 nitrogen and oxygen atoms in total. The molecule has 0 unspecified atom stereocenters. The van der Waals surface area contributed by atoms with E-state index >= 15 is 0 Å². The third kappa shape index (κ3) is 2.64. The van der Waals surface area contributed by atoms with Crippen LogP contribution in [0.5, 0.6) is 0 Å². The van der Waals surface area contributed by atoms with Gasteiger partial charge in [-0.1, -0.05) is 19.3 Å². The van der Waals surface area contributed by atoms with Crippen LogP contribution in [-0.4, -0.2) is 32.4 Å². The van der Waals surface area contributed by atoms with Crippen LogP contribution < -0.4 is 11.3 Å². The number of pyridine rings is 1. The number of rotatable bonds is 3. The molecule has 4 N–H and O–H groups in total. The Hall–Kier alpha value is -2.83. The van der Waals surface area contributed by atoms with Crippen LogP contribution in [0.25, 0.3) is 22.3 Å². The molecule has 0 spiro atoms. The second-order valence-corrected chi connectivity index (χ2v) is 6.99. The van der Waals surface area contributed by atoms with Crippen LogP contribution in [-0.2, 0) is 7.05 Å². The number of fused-ring (bicyclic) bond motifs is 1. The van der Waals surface area contributed by atoms with E-state index in [0.29, 0.717) is 17.1 Å². The van der Waals surface area contributed by atoms with Crippen LogP contribution in [0.4, 0.5) is 0 Å². The van der Waals surface area contributed by atoms with E-state index < -0.39 is 0 Å². The lowest BCUT2D eigenvalue weighted by atomic mass is 9.89. The van der Waals surface area contributed by atoms with Gasteiger partial charge >= 0.3 is 0 Å². The van der Waals surface area contributed by atoms with Crippen molar-refractivity contribution in [3.8, 4) is 11.4 Å². The first-order chi connectivity index (χ1) is 12.6. The topological polar surface area (TPSA) is 105 Å². The fraction of sp³-hybridized carbons (Fsp3) is 0.421. The lowest BCUT2D eigenvalue weighted by Gasteiger charge is -2.21. The highest BCUT2D eigenvalue weighted by atomic mass is 16.1. The normalized spacial score (nSPS) is 16.5. The molecule has 0 aliphatic heterocycles. The Morgan fingerprint density at radius 3 is 2.81 bits per heavy atom. The number of aromatic amines is 2. The van der Waals surface area contributed by atoms with Gasteiger partial charge in [-0.2, -0.15) is 0 Å². The van der Waals surface area contributed by atoms with Crippen LogP contribution in [0.15, 0.2) is 28.1 Å². The summed E-state index contributed by atoms with van der Waals surface area (Å²) in [5.74, 6) is 1.94. The quantitative estimate of drug-likeness (QED) is 0.498. The Labute approximate surface area is 151 Å². The van der Waals surface area contributed by atoms with Crippen molar-refractivity contribution in [3.63, 3.8) is 0 Å². The van der Waals surface area contributed by atoms with Gasteiger partial charge in [-0.25, -0.2) is 4.98 Å². The van der Waals surface area contributed by atoms with Gasteiger partial charge in [-0.15, -0.1) is 0 Å². The van der Waals surface area contributed by atoms with Crippen LogP contribution >= 0.6 is 0 Å². The molecule has 1 aliphatic rings. The average Bonchev–Trinajstić information content (AvgIpc) is 3.24. The van der Waals surface area contributed by atoms with Crippen molar-refractivity contribution in [1.29, 1.82) is 0 Å². The Morgan fingerprint density at radius 1 is 1.35 bits per heavy atom. The lowest BCUT2D eigenvalue weighted by Crippen LogP contribution is -2.19. The molecule has 0 radical (unpaired) electrons. The number of nitrogens with zero attached hydrogens (tertiary/aromatic N) is 3. The molecule has 1 aliphatic carbocycles. The highest BCUT2D eigenvalue weighted by Crippen LogP contribution is 2.35. The predicted octanol–water partition coefficient (Wildman–Crippen LogP) is 2.64. The summed E-state index contributed by atoms with van der Waals surface area (Å²) in [6.07, 6.45) is 7.71. The maximum atomic E-state index is 12.1. The third-order valence-corrected chi connectivity index (χ3v) is 5.40. The van der Waals surface area contributed by atoms with Crippen LogP contribution in [0.1, 0.15) is 49.5 Å². The van der Waals surface area contributed by atoms with Gasteiger partial charge in [0.1, 0.15) is 23.0 Å². The summed E-state index contributed by atoms with van der Waals surface area (Å²) >= 11 is 0. The summed E-state index contributed by atoms with van der Waals surface area (Å²) in [4.78, 5) is 27.2. The zero-order chi connectivity index (χ0) is 18.3. The smallest absolute Gasteiger partial charge is 0.257 e. The number of H-pyrrole nitrogens is 2. The molecular weight excluding hydrogens is 328 g/mol. The van der Waals surface area contributed by atoms with E-state index in [4.69, 9.17) is 10.7 Å². The number of nitrogens with one attached hydrogen (secondary N) is 2. The minimum absolute atomic E-state index is 0.118. The van der Waals surface area contributed by atoms with Crippen LogP contribution in [0, 0.1) is 0 Å². The van der Waals surface area contributed by atoms with E-state index in [-0.39, 0.29) is 5.56 Å². The number of hydrogen-bond acceptors (Lipinski definition) is 3. The maximum Gasteiger partial charge on any atom is 0.257 e. The summed E-state index contributed by atoms with van der Waals surface area (Å²) in [6, 6.07) is 3.69. The van der Waals surface area contributed by atoms with Gasteiger partial charge in [0.15, 0.2) is 0 Å². The summed E-state index contributed by atoms with van der Waals surface area (Å²) < 4.78 is 2.07. The molecule has 0 atom stereocenters. The Kier molecular flexibility index (Phi) is 4.14. The monoisotopic (exact) mass is 352 g/mol. The molecular formula is C19H24N6O. The van der Waals surface area contributed by atoms with Gasteiger partial charge in [0.05, 0.1) is 16.6 Å². The summed E-state index contributed by atoms with van der Waals surface area (Å²) in [5, 5.41) is 0.616. The molecule has 0 aromatic carbocycles. The van der Waals surface area contributed by atoms with E-state index in [1.54, 1.807) is 13.2 Å². The molecule has 26 heavy (non-hydrogen) atoms. The largest absolute Gasteiger partial charge is 0.382 e. The number of imidazole rings is 1. The van der Waals surface area contributed by atoms with E-state index in [0.717, 1.165) is 41.3 Å². The van der Waals surface area contributed by atoms with Crippen molar-refractivity contribution in [2.75, 3.05) is 7.05 Å². The van der Waals surface area contributed by atoms with Crippen LogP contribution in [0.3, 0.4) is 0 Å². The molecule has 3 heterocycles. The molecule has 7 heteroatoms. The predicted molar refractivity (Wildman–Crippen MR) is 104 cm³/mol. The number of nitrogens with two attached hydrogens (primary N) is 1. The van der Waals surface area contributed by atoms with Gasteiger partial charge in [-0.05, 0) is 25.0 Å². The standard InChI is InChI=1S/C19H24N6O/c1-21-17(20)16-15(14-10-12-13(23-14)8-9-22-19(12)26)24-18(25(16)2)11-6-4-3-5-7-11/h8-11,23H,3-7H2,1-2H3,(H2,20,21)(H,22,26). The van der Waals surface area contributed by atoms with Crippen molar-refractivity contribution < 1.29 is 0 Å². The van der Waals surface area contributed by atoms with E-state index in [2.05, 4.69) is 19.5 Å². The van der Waals surface area contributed by atoms with Crippen molar-refractivity contribution in [2.24, 2.45) is 17.8 Å². The van der Waals surface area contributed by atoms with E-state index in [1.807, 2.05) is 19.2 Å². The van der Waals surface area contributed by atoms with Gasteiger partial charge < -0.3 is 20.3 Å². The van der Waals surface area contributed by atoms with Gasteiger partial charge in [0.25, 0.3) is 5.56 Å². The molecule has 4 rings (SSSR count). The number of amidine groups is 1. The summed E-state index contributed by atoms with van der Waals surface area (Å²) in [6.45, 7) is 0. The summed E-state index contributed by atoms with van der Waals surface area (Å²) in [7, 11) is 3.69. The highest BCUT2D eigenvalue weighted by Gasteiger charge is 2.26. The van der Waals surface area contributed by atoms with Crippen molar-refractivity contribution in [2.45, 2.75) is 38.0 Å². The molecule has 3 aromatic heterocycles. The zero-order valence-corrected chi connectivity index (χ0v) is 15.2. The van der Waals surface area contributed by atoms with Crippen molar-refractivity contribution in [1.82, 2.24) is 19.5 Å². The van der Waals surface area contributed by atoms with Gasteiger partial charge in [0, 0.05) is 26.2 Å². The molecule has 1 saturated carbocycles. The molecule has 3 aromatic rings. The number of aliphatic imine (C=N–C) groups is 1. The first kappa shape index (κ1) is 16.6. The fourth-order valence-corrected chi connectivity index (χ4v) is 4.02. The Morgan fingerprint density at radius 2 is 2.12 bits per heavy atom. The second kappa shape index (κ2) is 6.48. The minimum Gasteiger partial charge on any atom is -0.382 e. The molecule has 136 valence electrons. The van der Waals surface area contributed by atoms with Crippen molar-refractivity contribution >= 4 is 16.7 Å². The molecule has 1 fully saturated rings. The van der Waals surface area contributed by atoms with Gasteiger partial charge in [-0.3, -0.25) is 9.79 Å². The molecule has 0 amide bonds. The molecule has 0 bridgehead atoms. The molecule has 0 saturated heterocycles. The van der Waals surface area contributed by atoms with Crippen LogP contribution in [0.2, 0.25) is 0 Å². The summed E-state index contributed by atoms with van der Waals surface area (Å²) in [5.41, 5.74) is 9.22. The first-order valence-corrected chi connectivity index (χ1v) is 9.10. The third-order valence-electron chi connectivity index (χ3n) is 5.40. The number of aromatic nitrogens is 4. The SMILES string of the molecule is CN=C(N)c1c(-c2cc3c(=O)[nH]ccc3[nH]2)nc(C2CCCCC2)n1C.